The minimum atomic E-state index is 0.800. The Labute approximate surface area is 106 Å². The van der Waals surface area contributed by atoms with Crippen molar-refractivity contribution in [2.45, 2.75) is 39.2 Å². The van der Waals surface area contributed by atoms with E-state index in [2.05, 4.69) is 20.6 Å². The van der Waals surface area contributed by atoms with Gasteiger partial charge in [0.05, 0.1) is 5.52 Å². The first kappa shape index (κ1) is 11.0. The fourth-order valence-corrected chi connectivity index (χ4v) is 2.56. The Morgan fingerprint density at radius 3 is 3.06 bits per heavy atom. The van der Waals surface area contributed by atoms with Crippen molar-refractivity contribution in [3.8, 4) is 0 Å². The molecule has 2 aromatic rings. The molecule has 0 bridgehead atoms. The average molecular weight is 247 g/mol. The molecule has 3 nitrogen and oxygen atoms in total. The second-order valence-corrected chi connectivity index (χ2v) is 5.38. The van der Waals surface area contributed by atoms with Crippen LogP contribution in [-0.4, -0.2) is 14.5 Å². The third-order valence-corrected chi connectivity index (χ3v) is 3.77. The molecule has 0 amide bonds. The summed E-state index contributed by atoms with van der Waals surface area (Å²) in [5.74, 6) is 0.990. The summed E-state index contributed by atoms with van der Waals surface area (Å²) >= 11 is 5.36. The van der Waals surface area contributed by atoms with Crippen LogP contribution in [0.2, 0.25) is 0 Å². The third-order valence-electron chi connectivity index (χ3n) is 3.45. The van der Waals surface area contributed by atoms with E-state index in [1.807, 2.05) is 13.0 Å². The first-order chi connectivity index (χ1) is 8.24. The maximum Gasteiger partial charge on any atom is 0.179 e. The topological polar surface area (TPSA) is 33.6 Å². The summed E-state index contributed by atoms with van der Waals surface area (Å²) in [7, 11) is 0. The fourth-order valence-electron chi connectivity index (χ4n) is 2.28. The van der Waals surface area contributed by atoms with E-state index in [-0.39, 0.29) is 0 Å². The van der Waals surface area contributed by atoms with E-state index >= 15 is 0 Å². The van der Waals surface area contributed by atoms with Gasteiger partial charge >= 0.3 is 0 Å². The van der Waals surface area contributed by atoms with Gasteiger partial charge in [0.2, 0.25) is 0 Å². The van der Waals surface area contributed by atoms with Crippen LogP contribution >= 0.6 is 12.2 Å². The predicted molar refractivity (Wildman–Crippen MR) is 71.6 cm³/mol. The molecule has 0 atom stereocenters. The lowest BCUT2D eigenvalue weighted by Gasteiger charge is -2.03. The first-order valence-electron chi connectivity index (χ1n) is 6.30. The summed E-state index contributed by atoms with van der Waals surface area (Å²) in [6, 6.07) is 4.08. The molecule has 2 aromatic heterocycles. The molecular formula is C13H17N3S. The molecule has 0 spiro atoms. The molecule has 1 fully saturated rings. The van der Waals surface area contributed by atoms with Gasteiger partial charge in [0.25, 0.3) is 0 Å². The van der Waals surface area contributed by atoms with Gasteiger partial charge in [-0.15, -0.1) is 0 Å². The highest BCUT2D eigenvalue weighted by Gasteiger charge is 2.20. The van der Waals surface area contributed by atoms with Crippen LogP contribution in [0.1, 0.15) is 31.4 Å². The Morgan fingerprint density at radius 2 is 2.29 bits per heavy atom. The molecule has 1 saturated carbocycles. The van der Waals surface area contributed by atoms with E-state index in [0.717, 1.165) is 34.1 Å². The van der Waals surface area contributed by atoms with Crippen LogP contribution in [0, 0.1) is 17.6 Å². The van der Waals surface area contributed by atoms with Crippen molar-refractivity contribution >= 4 is 23.4 Å². The number of H-pyrrole nitrogens is 1. The minimum absolute atomic E-state index is 0.800. The quantitative estimate of drug-likeness (QED) is 0.838. The number of nitrogens with zero attached hydrogens (tertiary/aromatic N) is 2. The Kier molecular flexibility index (Phi) is 2.74. The minimum Gasteiger partial charge on any atom is -0.329 e. The van der Waals surface area contributed by atoms with Crippen molar-refractivity contribution in [2.24, 2.45) is 5.92 Å². The summed E-state index contributed by atoms with van der Waals surface area (Å²) in [5.41, 5.74) is 3.10. The number of nitrogens with one attached hydrogen (secondary N) is 1. The van der Waals surface area contributed by atoms with E-state index in [4.69, 9.17) is 12.2 Å². The maximum absolute atomic E-state index is 5.36. The van der Waals surface area contributed by atoms with E-state index in [1.54, 1.807) is 0 Å². The zero-order chi connectivity index (χ0) is 11.8. The standard InChI is InChI=1S/C13H17N3S/c1-9-4-7-11-12(14-9)16(13(17)15-11)8-2-3-10-5-6-10/h4,7,10H,2-3,5-6,8H2,1H3,(H,15,17). The molecule has 0 radical (unpaired) electrons. The number of aromatic nitrogens is 3. The zero-order valence-corrected chi connectivity index (χ0v) is 10.9. The second kappa shape index (κ2) is 4.26. The smallest absolute Gasteiger partial charge is 0.179 e. The molecule has 3 rings (SSSR count). The monoisotopic (exact) mass is 247 g/mol. The van der Waals surface area contributed by atoms with Crippen LogP contribution < -0.4 is 0 Å². The van der Waals surface area contributed by atoms with Gasteiger partial charge in [-0.3, -0.25) is 0 Å². The van der Waals surface area contributed by atoms with Gasteiger partial charge in [0, 0.05) is 12.2 Å². The molecule has 17 heavy (non-hydrogen) atoms. The predicted octanol–water partition coefficient (Wildman–Crippen LogP) is 3.59. The number of hydrogen-bond donors (Lipinski definition) is 1. The molecule has 4 heteroatoms. The van der Waals surface area contributed by atoms with E-state index < -0.39 is 0 Å². The lowest BCUT2D eigenvalue weighted by molar-refractivity contribution is 0.580. The zero-order valence-electron chi connectivity index (χ0n) is 10.1. The molecule has 0 unspecified atom stereocenters. The van der Waals surface area contributed by atoms with E-state index in [0.29, 0.717) is 0 Å². The van der Waals surface area contributed by atoms with Crippen molar-refractivity contribution in [2.75, 3.05) is 0 Å². The second-order valence-electron chi connectivity index (χ2n) is 4.99. The molecule has 0 aromatic carbocycles. The van der Waals surface area contributed by atoms with Gasteiger partial charge < -0.3 is 9.55 Å². The SMILES string of the molecule is Cc1ccc2[nH]c(=S)n(CCCC3CC3)c2n1. The Morgan fingerprint density at radius 1 is 1.47 bits per heavy atom. The van der Waals surface area contributed by atoms with Crippen molar-refractivity contribution in [3.63, 3.8) is 0 Å². The highest BCUT2D eigenvalue weighted by Crippen LogP contribution is 2.33. The van der Waals surface area contributed by atoms with Crippen molar-refractivity contribution in [1.82, 2.24) is 14.5 Å². The van der Waals surface area contributed by atoms with Gasteiger partial charge in [0.1, 0.15) is 0 Å². The van der Waals surface area contributed by atoms with Crippen LogP contribution in [0.5, 0.6) is 0 Å². The lowest BCUT2D eigenvalue weighted by atomic mass is 10.2. The number of hydrogen-bond acceptors (Lipinski definition) is 2. The Hall–Kier alpha value is -1.16. The van der Waals surface area contributed by atoms with Crippen LogP contribution in [0.4, 0.5) is 0 Å². The fraction of sp³-hybridized carbons (Fsp3) is 0.538. The van der Waals surface area contributed by atoms with Gasteiger partial charge in [-0.2, -0.15) is 0 Å². The number of fused-ring (bicyclic) bond motifs is 1. The number of aromatic amines is 1. The highest BCUT2D eigenvalue weighted by atomic mass is 32.1. The largest absolute Gasteiger partial charge is 0.329 e. The van der Waals surface area contributed by atoms with Crippen LogP contribution in [0.3, 0.4) is 0 Å². The summed E-state index contributed by atoms with van der Waals surface area (Å²) in [5, 5.41) is 0. The number of pyridine rings is 1. The van der Waals surface area contributed by atoms with Gasteiger partial charge in [-0.25, -0.2) is 4.98 Å². The summed E-state index contributed by atoms with van der Waals surface area (Å²) < 4.78 is 2.94. The molecule has 1 N–H and O–H groups in total. The third kappa shape index (κ3) is 2.27. The molecule has 1 aliphatic carbocycles. The first-order valence-corrected chi connectivity index (χ1v) is 6.71. The van der Waals surface area contributed by atoms with Crippen molar-refractivity contribution in [3.05, 3.63) is 22.6 Å². The summed E-state index contributed by atoms with van der Waals surface area (Å²) in [6.07, 6.45) is 5.40. The maximum atomic E-state index is 5.36. The molecule has 1 aliphatic rings. The molecule has 90 valence electrons. The van der Waals surface area contributed by atoms with E-state index in [9.17, 15) is 0 Å². The van der Waals surface area contributed by atoms with Crippen LogP contribution in [0.25, 0.3) is 11.2 Å². The molecular weight excluding hydrogens is 230 g/mol. The average Bonchev–Trinajstić information content (AvgIpc) is 3.06. The van der Waals surface area contributed by atoms with Gasteiger partial charge in [-0.05, 0) is 50.0 Å². The van der Waals surface area contributed by atoms with Crippen LogP contribution in [-0.2, 0) is 6.54 Å². The number of imidazole rings is 1. The highest BCUT2D eigenvalue weighted by molar-refractivity contribution is 7.71. The molecule has 0 saturated heterocycles. The van der Waals surface area contributed by atoms with E-state index in [1.165, 1.54) is 25.7 Å². The van der Waals surface area contributed by atoms with Crippen molar-refractivity contribution in [1.29, 1.82) is 0 Å². The number of aryl methyl sites for hydroxylation is 2. The normalized spacial score (nSPS) is 15.6. The Balaban J connectivity index is 1.87. The molecule has 2 heterocycles. The summed E-state index contributed by atoms with van der Waals surface area (Å²) in [6.45, 7) is 3.01. The van der Waals surface area contributed by atoms with Gasteiger partial charge in [-0.1, -0.05) is 12.8 Å². The van der Waals surface area contributed by atoms with Gasteiger partial charge in [0.15, 0.2) is 10.4 Å². The number of rotatable bonds is 4. The molecule has 0 aliphatic heterocycles. The Bertz CT molecular complexity index is 592. The van der Waals surface area contributed by atoms with Crippen LogP contribution in [0.15, 0.2) is 12.1 Å². The van der Waals surface area contributed by atoms with Crippen molar-refractivity contribution < 1.29 is 0 Å². The lowest BCUT2D eigenvalue weighted by Crippen LogP contribution is -2.00. The summed E-state index contributed by atoms with van der Waals surface area (Å²) in [4.78, 5) is 7.80.